The van der Waals surface area contributed by atoms with Gasteiger partial charge in [0.05, 0.1) is 11.2 Å². The number of nitrogens with one attached hydrogen (secondary N) is 2. The SMILES string of the molecule is O=C(Nc1ccc(-c2cn[nH]c2)c(Cl)c1)C(F)Cl. The summed E-state index contributed by atoms with van der Waals surface area (Å²) in [7, 11) is 0. The van der Waals surface area contributed by atoms with Gasteiger partial charge in [0.2, 0.25) is 0 Å². The zero-order valence-corrected chi connectivity index (χ0v) is 10.5. The molecule has 1 aromatic carbocycles. The predicted octanol–water partition coefficient (Wildman–Crippen LogP) is 3.20. The summed E-state index contributed by atoms with van der Waals surface area (Å²) in [6.07, 6.45) is 3.31. The summed E-state index contributed by atoms with van der Waals surface area (Å²) < 4.78 is 12.5. The third-order valence-corrected chi connectivity index (χ3v) is 2.75. The monoisotopic (exact) mass is 287 g/mol. The van der Waals surface area contributed by atoms with E-state index in [1.54, 1.807) is 24.5 Å². The minimum absolute atomic E-state index is 0.376. The molecular weight excluding hydrogens is 280 g/mol. The Morgan fingerprint density at radius 2 is 2.28 bits per heavy atom. The van der Waals surface area contributed by atoms with E-state index < -0.39 is 11.5 Å². The average Bonchev–Trinajstić information content (AvgIpc) is 2.82. The highest BCUT2D eigenvalue weighted by Crippen LogP contribution is 2.29. The van der Waals surface area contributed by atoms with Crippen LogP contribution in [-0.4, -0.2) is 21.7 Å². The van der Waals surface area contributed by atoms with Crippen LogP contribution in [0, 0.1) is 0 Å². The maximum atomic E-state index is 12.5. The fourth-order valence-electron chi connectivity index (χ4n) is 1.42. The van der Waals surface area contributed by atoms with E-state index in [1.807, 2.05) is 0 Å². The predicted molar refractivity (Wildman–Crippen MR) is 68.4 cm³/mol. The van der Waals surface area contributed by atoms with Crippen molar-refractivity contribution in [1.82, 2.24) is 10.2 Å². The quantitative estimate of drug-likeness (QED) is 0.852. The summed E-state index contributed by atoms with van der Waals surface area (Å²) in [6, 6.07) is 4.82. The van der Waals surface area contributed by atoms with E-state index in [4.69, 9.17) is 23.2 Å². The van der Waals surface area contributed by atoms with Gasteiger partial charge in [0.25, 0.3) is 11.5 Å². The number of hydrogen-bond acceptors (Lipinski definition) is 2. The molecule has 2 rings (SSSR count). The Bertz CT molecular complexity index is 557. The van der Waals surface area contributed by atoms with Gasteiger partial charge in [-0.3, -0.25) is 9.89 Å². The Balaban J connectivity index is 2.23. The lowest BCUT2D eigenvalue weighted by Crippen LogP contribution is -2.19. The van der Waals surface area contributed by atoms with Crippen molar-refractivity contribution in [2.45, 2.75) is 5.63 Å². The molecule has 0 aliphatic carbocycles. The number of benzene rings is 1. The number of aromatic amines is 1. The van der Waals surface area contributed by atoms with E-state index in [2.05, 4.69) is 15.5 Å². The van der Waals surface area contributed by atoms with Crippen LogP contribution < -0.4 is 5.32 Å². The van der Waals surface area contributed by atoms with Gasteiger partial charge < -0.3 is 5.32 Å². The van der Waals surface area contributed by atoms with E-state index in [9.17, 15) is 9.18 Å². The lowest BCUT2D eigenvalue weighted by Gasteiger charge is -2.07. The second-order valence-corrected chi connectivity index (χ2v) is 4.26. The Kier molecular flexibility index (Phi) is 3.84. The molecule has 1 atom stereocenters. The highest BCUT2D eigenvalue weighted by molar-refractivity contribution is 6.34. The zero-order valence-electron chi connectivity index (χ0n) is 8.95. The van der Waals surface area contributed by atoms with Gasteiger partial charge in [-0.05, 0) is 12.1 Å². The van der Waals surface area contributed by atoms with Crippen LogP contribution >= 0.6 is 23.2 Å². The maximum Gasteiger partial charge on any atom is 0.274 e. The molecule has 0 aliphatic heterocycles. The standard InChI is InChI=1S/C11H8Cl2FN3O/c12-9-3-7(17-11(18)10(13)14)1-2-8(9)6-4-15-16-5-6/h1-5,10H,(H,15,16)(H,17,18). The van der Waals surface area contributed by atoms with E-state index in [-0.39, 0.29) is 0 Å². The first-order valence-corrected chi connectivity index (χ1v) is 5.77. The molecule has 4 nitrogen and oxygen atoms in total. The molecule has 0 aliphatic rings. The third-order valence-electron chi connectivity index (χ3n) is 2.24. The normalized spacial score (nSPS) is 12.2. The summed E-state index contributed by atoms with van der Waals surface area (Å²) in [4.78, 5) is 11.1. The molecule has 2 N–H and O–H groups in total. The largest absolute Gasteiger partial charge is 0.322 e. The van der Waals surface area contributed by atoms with Crippen LogP contribution in [0.2, 0.25) is 5.02 Å². The summed E-state index contributed by atoms with van der Waals surface area (Å²) in [6.45, 7) is 0. The van der Waals surface area contributed by atoms with Crippen LogP contribution in [0.5, 0.6) is 0 Å². The number of nitrogens with zero attached hydrogens (tertiary/aromatic N) is 1. The molecule has 7 heteroatoms. The molecule has 0 saturated carbocycles. The van der Waals surface area contributed by atoms with Crippen molar-refractivity contribution in [1.29, 1.82) is 0 Å². The number of rotatable bonds is 3. The molecule has 0 spiro atoms. The van der Waals surface area contributed by atoms with Crippen molar-refractivity contribution in [2.75, 3.05) is 5.32 Å². The van der Waals surface area contributed by atoms with E-state index in [0.717, 1.165) is 11.1 Å². The highest BCUT2D eigenvalue weighted by atomic mass is 35.5. The minimum Gasteiger partial charge on any atom is -0.322 e. The molecule has 94 valence electrons. The summed E-state index contributed by atoms with van der Waals surface area (Å²) in [5.74, 6) is -0.927. The molecular formula is C11H8Cl2FN3O. The zero-order chi connectivity index (χ0) is 13.1. The minimum atomic E-state index is -2.09. The number of carbonyl (C=O) groups is 1. The topological polar surface area (TPSA) is 57.8 Å². The first kappa shape index (κ1) is 12.9. The average molecular weight is 288 g/mol. The van der Waals surface area contributed by atoms with Crippen molar-refractivity contribution in [3.63, 3.8) is 0 Å². The Morgan fingerprint density at radius 1 is 1.50 bits per heavy atom. The first-order chi connectivity index (χ1) is 8.58. The van der Waals surface area contributed by atoms with Crippen LogP contribution in [0.3, 0.4) is 0 Å². The maximum absolute atomic E-state index is 12.5. The van der Waals surface area contributed by atoms with Gasteiger partial charge in [-0.15, -0.1) is 0 Å². The Hall–Kier alpha value is -1.59. The molecule has 18 heavy (non-hydrogen) atoms. The van der Waals surface area contributed by atoms with Crippen molar-refractivity contribution in [3.8, 4) is 11.1 Å². The number of hydrogen-bond donors (Lipinski definition) is 2. The fraction of sp³-hybridized carbons (Fsp3) is 0.0909. The van der Waals surface area contributed by atoms with Crippen molar-refractivity contribution in [3.05, 3.63) is 35.6 Å². The number of anilines is 1. The molecule has 0 radical (unpaired) electrons. The molecule has 2 aromatic rings. The first-order valence-electron chi connectivity index (χ1n) is 4.95. The number of amides is 1. The van der Waals surface area contributed by atoms with Gasteiger partial charge in [-0.25, -0.2) is 4.39 Å². The Morgan fingerprint density at radius 3 is 2.83 bits per heavy atom. The van der Waals surface area contributed by atoms with Crippen molar-refractivity contribution >= 4 is 34.8 Å². The molecule has 1 unspecified atom stereocenters. The summed E-state index contributed by atoms with van der Waals surface area (Å²) in [5, 5.41) is 9.20. The molecule has 0 saturated heterocycles. The van der Waals surface area contributed by atoms with Gasteiger partial charge in [0.1, 0.15) is 0 Å². The van der Waals surface area contributed by atoms with Crippen molar-refractivity contribution < 1.29 is 9.18 Å². The van der Waals surface area contributed by atoms with Crippen LogP contribution in [-0.2, 0) is 4.79 Å². The second-order valence-electron chi connectivity index (χ2n) is 3.47. The second kappa shape index (κ2) is 5.37. The van der Waals surface area contributed by atoms with Crippen molar-refractivity contribution in [2.24, 2.45) is 0 Å². The molecule has 1 amide bonds. The van der Waals surface area contributed by atoms with Gasteiger partial charge in [0.15, 0.2) is 0 Å². The molecule has 0 bridgehead atoms. The summed E-state index contributed by atoms with van der Waals surface area (Å²) >= 11 is 11.1. The lowest BCUT2D eigenvalue weighted by atomic mass is 10.1. The third kappa shape index (κ3) is 2.80. The number of aromatic nitrogens is 2. The van der Waals surface area contributed by atoms with E-state index in [0.29, 0.717) is 10.7 Å². The van der Waals surface area contributed by atoms with E-state index in [1.165, 1.54) is 6.07 Å². The number of carbonyl (C=O) groups excluding carboxylic acids is 1. The highest BCUT2D eigenvalue weighted by Gasteiger charge is 2.14. The molecule has 0 fully saturated rings. The van der Waals surface area contributed by atoms with Crippen LogP contribution in [0.25, 0.3) is 11.1 Å². The summed E-state index contributed by atoms with van der Waals surface area (Å²) in [5.41, 5.74) is -0.137. The smallest absolute Gasteiger partial charge is 0.274 e. The van der Waals surface area contributed by atoms with Crippen LogP contribution in [0.1, 0.15) is 0 Å². The van der Waals surface area contributed by atoms with Gasteiger partial charge >= 0.3 is 0 Å². The van der Waals surface area contributed by atoms with Crippen LogP contribution in [0.15, 0.2) is 30.6 Å². The number of H-pyrrole nitrogens is 1. The number of halogens is 3. The van der Waals surface area contributed by atoms with E-state index >= 15 is 0 Å². The van der Waals surface area contributed by atoms with Gasteiger partial charge in [-0.1, -0.05) is 29.3 Å². The number of alkyl halides is 2. The van der Waals surface area contributed by atoms with Gasteiger partial charge in [-0.2, -0.15) is 5.10 Å². The lowest BCUT2D eigenvalue weighted by molar-refractivity contribution is -0.118. The van der Waals surface area contributed by atoms with Crippen LogP contribution in [0.4, 0.5) is 10.1 Å². The van der Waals surface area contributed by atoms with Gasteiger partial charge in [0, 0.05) is 23.0 Å². The molecule has 1 aromatic heterocycles. The fourth-order valence-corrected chi connectivity index (χ4v) is 1.77. The molecule has 1 heterocycles. The Labute approximate surface area is 112 Å².